The Hall–Kier alpha value is -2.64. The molecule has 0 aliphatic carbocycles. The van der Waals surface area contributed by atoms with Crippen molar-refractivity contribution in [3.63, 3.8) is 0 Å². The largest absolute Gasteiger partial charge is 0.378 e. The summed E-state index contributed by atoms with van der Waals surface area (Å²) >= 11 is 0. The monoisotopic (exact) mass is 452 g/mol. The standard InChI is InChI=1S/C26H36N4O3/c1-4-5-11-29-20(2)23-24(21(29)3)26(32)30(25(23)31)17-19-33-18-16-27-12-14-28(15-13-27)22-9-7-6-8-10-22/h6-10H,4-5,11-19H2,1-3H3. The van der Waals surface area contributed by atoms with Crippen LogP contribution < -0.4 is 4.90 Å². The Labute approximate surface area is 196 Å². The van der Waals surface area contributed by atoms with Gasteiger partial charge in [-0.1, -0.05) is 31.5 Å². The predicted molar refractivity (Wildman–Crippen MR) is 130 cm³/mol. The summed E-state index contributed by atoms with van der Waals surface area (Å²) in [6, 6.07) is 10.5. The summed E-state index contributed by atoms with van der Waals surface area (Å²) in [6.07, 6.45) is 2.12. The van der Waals surface area contributed by atoms with Crippen LogP contribution in [0.15, 0.2) is 30.3 Å². The molecule has 0 bridgehead atoms. The van der Waals surface area contributed by atoms with Crippen molar-refractivity contribution >= 4 is 17.5 Å². The van der Waals surface area contributed by atoms with Gasteiger partial charge in [0, 0.05) is 56.3 Å². The van der Waals surface area contributed by atoms with Crippen molar-refractivity contribution in [3.8, 4) is 0 Å². The molecule has 1 fully saturated rings. The van der Waals surface area contributed by atoms with Crippen molar-refractivity contribution in [1.82, 2.24) is 14.4 Å². The number of nitrogens with zero attached hydrogens (tertiary/aromatic N) is 4. The summed E-state index contributed by atoms with van der Waals surface area (Å²) in [4.78, 5) is 32.1. The Morgan fingerprint density at radius 2 is 1.42 bits per heavy atom. The van der Waals surface area contributed by atoms with Gasteiger partial charge in [0.1, 0.15) is 0 Å². The van der Waals surface area contributed by atoms with E-state index < -0.39 is 0 Å². The van der Waals surface area contributed by atoms with Gasteiger partial charge in [-0.15, -0.1) is 0 Å². The first-order chi connectivity index (χ1) is 16.0. The normalized spacial score (nSPS) is 16.7. The van der Waals surface area contributed by atoms with Crippen LogP contribution in [0.3, 0.4) is 0 Å². The van der Waals surface area contributed by atoms with Gasteiger partial charge in [-0.05, 0) is 32.4 Å². The van der Waals surface area contributed by atoms with Crippen LogP contribution in [-0.4, -0.2) is 78.7 Å². The Balaban J connectivity index is 1.20. The van der Waals surface area contributed by atoms with Gasteiger partial charge in [-0.25, -0.2) is 0 Å². The number of aromatic nitrogens is 1. The molecular weight excluding hydrogens is 416 g/mol. The Morgan fingerprint density at radius 1 is 0.818 bits per heavy atom. The van der Waals surface area contributed by atoms with E-state index in [4.69, 9.17) is 4.74 Å². The molecule has 4 rings (SSSR count). The molecule has 0 atom stereocenters. The number of carbonyl (C=O) groups is 2. The molecular formula is C26H36N4O3. The van der Waals surface area contributed by atoms with Gasteiger partial charge in [0.15, 0.2) is 0 Å². The number of benzene rings is 1. The minimum atomic E-state index is -0.175. The second-order valence-corrected chi connectivity index (χ2v) is 8.96. The van der Waals surface area contributed by atoms with Crippen molar-refractivity contribution in [1.29, 1.82) is 0 Å². The maximum atomic E-state index is 12.9. The maximum Gasteiger partial charge on any atom is 0.263 e. The smallest absolute Gasteiger partial charge is 0.263 e. The highest BCUT2D eigenvalue weighted by Gasteiger charge is 2.40. The van der Waals surface area contributed by atoms with E-state index in [1.54, 1.807) is 0 Å². The van der Waals surface area contributed by atoms with Crippen LogP contribution in [0, 0.1) is 13.8 Å². The van der Waals surface area contributed by atoms with Crippen molar-refractivity contribution in [2.45, 2.75) is 40.2 Å². The average molecular weight is 453 g/mol. The van der Waals surface area contributed by atoms with E-state index in [0.29, 0.717) is 30.9 Å². The van der Waals surface area contributed by atoms with Gasteiger partial charge >= 0.3 is 0 Å². The Morgan fingerprint density at radius 3 is 2.03 bits per heavy atom. The fourth-order valence-electron chi connectivity index (χ4n) is 4.94. The van der Waals surface area contributed by atoms with E-state index in [-0.39, 0.29) is 11.8 Å². The highest BCUT2D eigenvalue weighted by atomic mass is 16.5. The average Bonchev–Trinajstić information content (AvgIpc) is 3.24. The highest BCUT2D eigenvalue weighted by Crippen LogP contribution is 2.31. The van der Waals surface area contributed by atoms with Crippen molar-refractivity contribution in [3.05, 3.63) is 52.8 Å². The molecule has 2 aromatic rings. The predicted octanol–water partition coefficient (Wildman–Crippen LogP) is 3.34. The summed E-state index contributed by atoms with van der Waals surface area (Å²) in [5, 5.41) is 0. The number of piperazine rings is 1. The number of rotatable bonds is 10. The van der Waals surface area contributed by atoms with Crippen molar-refractivity contribution in [2.24, 2.45) is 0 Å². The number of hydrogen-bond acceptors (Lipinski definition) is 5. The minimum absolute atomic E-state index is 0.175. The molecule has 0 radical (unpaired) electrons. The quantitative estimate of drug-likeness (QED) is 0.409. The summed E-state index contributed by atoms with van der Waals surface area (Å²) in [5.74, 6) is -0.349. The Bertz CT molecular complexity index is 938. The van der Waals surface area contributed by atoms with Crippen LogP contribution in [0.2, 0.25) is 0 Å². The number of anilines is 1. The molecule has 2 amide bonds. The molecule has 0 unspecified atom stereocenters. The molecule has 7 heteroatoms. The zero-order valence-electron chi connectivity index (χ0n) is 20.2. The van der Waals surface area contributed by atoms with E-state index in [2.05, 4.69) is 45.6 Å². The number of carbonyl (C=O) groups excluding carboxylic acids is 2. The van der Waals surface area contributed by atoms with Gasteiger partial charge in [0.2, 0.25) is 0 Å². The molecule has 178 valence electrons. The molecule has 33 heavy (non-hydrogen) atoms. The van der Waals surface area contributed by atoms with Crippen molar-refractivity contribution < 1.29 is 14.3 Å². The lowest BCUT2D eigenvalue weighted by atomic mass is 10.1. The number of fused-ring (bicyclic) bond motifs is 1. The first-order valence-corrected chi connectivity index (χ1v) is 12.2. The molecule has 2 aliphatic heterocycles. The Kier molecular flexibility index (Phi) is 7.50. The number of imide groups is 1. The molecule has 2 aliphatic rings. The van der Waals surface area contributed by atoms with E-state index >= 15 is 0 Å². The maximum absolute atomic E-state index is 12.9. The zero-order valence-corrected chi connectivity index (χ0v) is 20.2. The van der Waals surface area contributed by atoms with Crippen LogP contribution in [0.4, 0.5) is 5.69 Å². The molecule has 1 aromatic heterocycles. The lowest BCUT2D eigenvalue weighted by molar-refractivity contribution is 0.0530. The number of hydrogen-bond donors (Lipinski definition) is 0. The van der Waals surface area contributed by atoms with Crippen LogP contribution in [-0.2, 0) is 11.3 Å². The summed E-state index contributed by atoms with van der Waals surface area (Å²) in [6.45, 7) is 13.1. The number of para-hydroxylation sites is 1. The highest BCUT2D eigenvalue weighted by molar-refractivity contribution is 6.22. The molecule has 0 N–H and O–H groups in total. The SMILES string of the molecule is CCCCn1c(C)c2c(c1C)C(=O)N(CCOCCN1CCN(c3ccccc3)CC1)C2=O. The summed E-state index contributed by atoms with van der Waals surface area (Å²) in [5.41, 5.74) is 4.27. The summed E-state index contributed by atoms with van der Waals surface area (Å²) < 4.78 is 7.93. The lowest BCUT2D eigenvalue weighted by Crippen LogP contribution is -2.47. The van der Waals surface area contributed by atoms with Crippen LogP contribution in [0.5, 0.6) is 0 Å². The molecule has 0 saturated carbocycles. The molecule has 7 nitrogen and oxygen atoms in total. The van der Waals surface area contributed by atoms with Gasteiger partial charge in [-0.3, -0.25) is 19.4 Å². The number of unbranched alkanes of at least 4 members (excludes halogenated alkanes) is 1. The van der Waals surface area contributed by atoms with Crippen LogP contribution in [0.25, 0.3) is 0 Å². The van der Waals surface area contributed by atoms with E-state index in [1.807, 2.05) is 19.9 Å². The van der Waals surface area contributed by atoms with Crippen LogP contribution in [0.1, 0.15) is 51.9 Å². The lowest BCUT2D eigenvalue weighted by Gasteiger charge is -2.36. The zero-order chi connectivity index (χ0) is 23.4. The molecule has 3 heterocycles. The minimum Gasteiger partial charge on any atom is -0.378 e. The molecule has 1 aromatic carbocycles. The first-order valence-electron chi connectivity index (χ1n) is 12.2. The fraction of sp³-hybridized carbons (Fsp3) is 0.538. The van der Waals surface area contributed by atoms with E-state index in [0.717, 1.165) is 63.5 Å². The number of amides is 2. The van der Waals surface area contributed by atoms with Gasteiger partial charge in [-0.2, -0.15) is 0 Å². The third-order valence-electron chi connectivity index (χ3n) is 6.94. The van der Waals surface area contributed by atoms with Crippen LogP contribution >= 0.6 is 0 Å². The molecule has 0 spiro atoms. The topological polar surface area (TPSA) is 58.0 Å². The third kappa shape index (κ3) is 4.84. The second-order valence-electron chi connectivity index (χ2n) is 8.96. The number of ether oxygens (including phenoxy) is 1. The van der Waals surface area contributed by atoms with E-state index in [1.165, 1.54) is 10.6 Å². The van der Waals surface area contributed by atoms with Gasteiger partial charge in [0.05, 0.1) is 30.9 Å². The second kappa shape index (κ2) is 10.5. The van der Waals surface area contributed by atoms with Gasteiger partial charge < -0.3 is 14.2 Å². The van der Waals surface area contributed by atoms with Gasteiger partial charge in [0.25, 0.3) is 11.8 Å². The third-order valence-corrected chi connectivity index (χ3v) is 6.94. The molecule has 1 saturated heterocycles. The van der Waals surface area contributed by atoms with E-state index in [9.17, 15) is 9.59 Å². The fourth-order valence-corrected chi connectivity index (χ4v) is 4.94. The summed E-state index contributed by atoms with van der Waals surface area (Å²) in [7, 11) is 0. The first kappa shape index (κ1) is 23.5. The van der Waals surface area contributed by atoms with Crippen molar-refractivity contribution in [2.75, 3.05) is 57.4 Å².